The maximum atomic E-state index is 13.9. The predicted molar refractivity (Wildman–Crippen MR) is 111 cm³/mol. The highest BCUT2D eigenvalue weighted by molar-refractivity contribution is 6.00. The molecule has 172 valence electrons. The van der Waals surface area contributed by atoms with E-state index in [1.54, 1.807) is 17.9 Å². The van der Waals surface area contributed by atoms with Crippen LogP contribution in [0.1, 0.15) is 35.7 Å². The molecule has 6 nitrogen and oxygen atoms in total. The van der Waals surface area contributed by atoms with E-state index in [4.69, 9.17) is 4.74 Å². The molecule has 3 aromatic rings. The predicted octanol–water partition coefficient (Wildman–Crippen LogP) is 4.77. The molecule has 10 heteroatoms. The number of ether oxygens (including phenoxy) is 1. The van der Waals surface area contributed by atoms with Crippen LogP contribution in [0.15, 0.2) is 55.0 Å². The Morgan fingerprint density at radius 1 is 1.12 bits per heavy atom. The standard InChI is InChI=1S/C23H20F4N4O2/c1-14-19(33-20-8-5-15(13-30-20)23(25,26)27)4-2-11-31(14)22(32)17-7-6-16(24)12-18(17)21-28-9-3-10-29-21/h3,5-10,12-14,19H,2,4,11H2,1H3. The third-order valence-electron chi connectivity index (χ3n) is 5.53. The van der Waals surface area contributed by atoms with Crippen molar-refractivity contribution in [1.29, 1.82) is 0 Å². The highest BCUT2D eigenvalue weighted by Gasteiger charge is 2.35. The first-order valence-electron chi connectivity index (χ1n) is 10.3. The summed E-state index contributed by atoms with van der Waals surface area (Å²) in [5.41, 5.74) is -0.335. The van der Waals surface area contributed by atoms with Crippen molar-refractivity contribution in [3.05, 3.63) is 71.9 Å². The number of carbonyl (C=O) groups excluding carboxylic acids is 1. The third kappa shape index (κ3) is 4.94. The molecule has 4 rings (SSSR count). The molecule has 0 bridgehead atoms. The number of piperidine rings is 1. The van der Waals surface area contributed by atoms with Gasteiger partial charge in [-0.05, 0) is 50.1 Å². The number of likely N-dealkylation sites (tertiary alicyclic amines) is 1. The normalized spacial score (nSPS) is 18.8. The van der Waals surface area contributed by atoms with Crippen LogP contribution in [0.25, 0.3) is 11.4 Å². The van der Waals surface area contributed by atoms with Crippen LogP contribution in [0, 0.1) is 5.82 Å². The highest BCUT2D eigenvalue weighted by Crippen LogP contribution is 2.31. The number of hydrogen-bond donors (Lipinski definition) is 0. The van der Waals surface area contributed by atoms with Gasteiger partial charge in [-0.1, -0.05) is 0 Å². The van der Waals surface area contributed by atoms with Crippen LogP contribution in [-0.2, 0) is 6.18 Å². The summed E-state index contributed by atoms with van der Waals surface area (Å²) in [5, 5.41) is 0. The Morgan fingerprint density at radius 2 is 1.88 bits per heavy atom. The van der Waals surface area contributed by atoms with Gasteiger partial charge in [-0.2, -0.15) is 13.2 Å². The fourth-order valence-electron chi connectivity index (χ4n) is 3.81. The molecule has 0 spiro atoms. The summed E-state index contributed by atoms with van der Waals surface area (Å²) in [7, 11) is 0. The van der Waals surface area contributed by atoms with E-state index >= 15 is 0 Å². The SMILES string of the molecule is CC1C(Oc2ccc(C(F)(F)F)cn2)CCCN1C(=O)c1ccc(F)cc1-c1ncccn1. The number of amides is 1. The number of benzene rings is 1. The molecule has 2 unspecified atom stereocenters. The number of nitrogens with zero attached hydrogens (tertiary/aromatic N) is 4. The van der Waals surface area contributed by atoms with Crippen molar-refractivity contribution in [2.45, 2.75) is 38.1 Å². The largest absolute Gasteiger partial charge is 0.472 e. The van der Waals surface area contributed by atoms with Gasteiger partial charge in [-0.3, -0.25) is 4.79 Å². The number of alkyl halides is 3. The summed E-state index contributed by atoms with van der Waals surface area (Å²) in [6.07, 6.45) is 0.00548. The van der Waals surface area contributed by atoms with Crippen LogP contribution in [0.2, 0.25) is 0 Å². The van der Waals surface area contributed by atoms with Crippen molar-refractivity contribution in [2.24, 2.45) is 0 Å². The summed E-state index contributed by atoms with van der Waals surface area (Å²) in [6, 6.07) is 7.12. The minimum absolute atomic E-state index is 0.0503. The van der Waals surface area contributed by atoms with Gasteiger partial charge in [0.25, 0.3) is 5.91 Å². The van der Waals surface area contributed by atoms with Crippen LogP contribution in [-0.4, -0.2) is 44.4 Å². The Hall–Kier alpha value is -3.56. The molecule has 1 amide bonds. The van der Waals surface area contributed by atoms with Gasteiger partial charge >= 0.3 is 6.18 Å². The summed E-state index contributed by atoms with van der Waals surface area (Å²) >= 11 is 0. The molecule has 1 aliphatic heterocycles. The Kier molecular flexibility index (Phi) is 6.26. The van der Waals surface area contributed by atoms with Crippen molar-refractivity contribution in [2.75, 3.05) is 6.54 Å². The number of halogens is 4. The maximum Gasteiger partial charge on any atom is 0.417 e. The van der Waals surface area contributed by atoms with Crippen molar-refractivity contribution >= 4 is 5.91 Å². The van der Waals surface area contributed by atoms with Gasteiger partial charge < -0.3 is 9.64 Å². The molecule has 1 aromatic carbocycles. The Balaban J connectivity index is 1.55. The summed E-state index contributed by atoms with van der Waals surface area (Å²) in [4.78, 5) is 27.1. The van der Waals surface area contributed by atoms with Crippen molar-refractivity contribution < 1.29 is 27.1 Å². The zero-order chi connectivity index (χ0) is 23.6. The lowest BCUT2D eigenvalue weighted by atomic mass is 9.97. The van der Waals surface area contributed by atoms with E-state index < -0.39 is 29.7 Å². The fraction of sp³-hybridized carbons (Fsp3) is 0.304. The average Bonchev–Trinajstić information content (AvgIpc) is 2.80. The Labute approximate surface area is 187 Å². The topological polar surface area (TPSA) is 68.2 Å². The molecule has 2 atom stereocenters. The zero-order valence-corrected chi connectivity index (χ0v) is 17.6. The van der Waals surface area contributed by atoms with Gasteiger partial charge in [0.05, 0.1) is 17.2 Å². The number of pyridine rings is 1. The van der Waals surface area contributed by atoms with Gasteiger partial charge in [0, 0.05) is 36.8 Å². The number of carbonyl (C=O) groups is 1. The molecule has 0 aliphatic carbocycles. The van der Waals surface area contributed by atoms with Crippen LogP contribution in [0.3, 0.4) is 0 Å². The van der Waals surface area contributed by atoms with Crippen molar-refractivity contribution in [1.82, 2.24) is 19.9 Å². The lowest BCUT2D eigenvalue weighted by Gasteiger charge is -2.39. The van der Waals surface area contributed by atoms with E-state index in [1.807, 2.05) is 0 Å². The van der Waals surface area contributed by atoms with Crippen LogP contribution >= 0.6 is 0 Å². The molecular weight excluding hydrogens is 440 g/mol. The van der Waals surface area contributed by atoms with E-state index in [9.17, 15) is 22.4 Å². The van der Waals surface area contributed by atoms with E-state index in [-0.39, 0.29) is 28.7 Å². The third-order valence-corrected chi connectivity index (χ3v) is 5.53. The van der Waals surface area contributed by atoms with Crippen molar-refractivity contribution in [3.8, 4) is 17.3 Å². The lowest BCUT2D eigenvalue weighted by molar-refractivity contribution is -0.137. The highest BCUT2D eigenvalue weighted by atomic mass is 19.4. The van der Waals surface area contributed by atoms with E-state index in [2.05, 4.69) is 15.0 Å². The van der Waals surface area contributed by atoms with Crippen LogP contribution in [0.4, 0.5) is 17.6 Å². The minimum Gasteiger partial charge on any atom is -0.472 e. The number of hydrogen-bond acceptors (Lipinski definition) is 5. The maximum absolute atomic E-state index is 13.9. The Bertz CT molecular complexity index is 1120. The zero-order valence-electron chi connectivity index (χ0n) is 17.6. The molecule has 0 radical (unpaired) electrons. The van der Waals surface area contributed by atoms with Gasteiger partial charge in [0.2, 0.25) is 5.88 Å². The summed E-state index contributed by atoms with van der Waals surface area (Å²) in [5.74, 6) is -0.574. The first-order valence-corrected chi connectivity index (χ1v) is 10.3. The smallest absolute Gasteiger partial charge is 0.417 e. The molecule has 1 fully saturated rings. The molecular formula is C23H20F4N4O2. The fourth-order valence-corrected chi connectivity index (χ4v) is 3.81. The molecule has 2 aromatic heterocycles. The van der Waals surface area contributed by atoms with Gasteiger partial charge in [0.1, 0.15) is 11.9 Å². The summed E-state index contributed by atoms with van der Waals surface area (Å²) < 4.78 is 58.1. The average molecular weight is 460 g/mol. The van der Waals surface area contributed by atoms with Crippen LogP contribution < -0.4 is 4.74 Å². The first kappa shape index (κ1) is 22.6. The number of aromatic nitrogens is 3. The molecule has 0 N–H and O–H groups in total. The van der Waals surface area contributed by atoms with E-state index in [0.29, 0.717) is 19.4 Å². The molecule has 0 saturated carbocycles. The van der Waals surface area contributed by atoms with E-state index in [1.165, 1.54) is 36.7 Å². The number of rotatable bonds is 4. The lowest BCUT2D eigenvalue weighted by Crippen LogP contribution is -2.51. The molecule has 3 heterocycles. The van der Waals surface area contributed by atoms with Gasteiger partial charge in [-0.25, -0.2) is 19.3 Å². The van der Waals surface area contributed by atoms with Gasteiger partial charge in [0.15, 0.2) is 5.82 Å². The second-order valence-corrected chi connectivity index (χ2v) is 7.68. The van der Waals surface area contributed by atoms with Crippen LogP contribution in [0.5, 0.6) is 5.88 Å². The second kappa shape index (κ2) is 9.13. The van der Waals surface area contributed by atoms with E-state index in [0.717, 1.165) is 12.3 Å². The molecule has 1 saturated heterocycles. The van der Waals surface area contributed by atoms with Gasteiger partial charge in [-0.15, -0.1) is 0 Å². The van der Waals surface area contributed by atoms with Crippen molar-refractivity contribution in [3.63, 3.8) is 0 Å². The monoisotopic (exact) mass is 460 g/mol. The molecule has 1 aliphatic rings. The second-order valence-electron chi connectivity index (χ2n) is 7.68. The minimum atomic E-state index is -4.48. The first-order chi connectivity index (χ1) is 15.7. The summed E-state index contributed by atoms with van der Waals surface area (Å²) in [6.45, 7) is 2.25. The molecule has 33 heavy (non-hydrogen) atoms. The Morgan fingerprint density at radius 3 is 2.55 bits per heavy atom. The quantitative estimate of drug-likeness (QED) is 0.525.